The third-order valence-corrected chi connectivity index (χ3v) is 2.38. The van der Waals surface area contributed by atoms with Gasteiger partial charge < -0.3 is 16.2 Å². The molecule has 0 aliphatic carbocycles. The van der Waals surface area contributed by atoms with Crippen LogP contribution in [0.1, 0.15) is 36.5 Å². The first-order chi connectivity index (χ1) is 7.66. The van der Waals surface area contributed by atoms with Crippen molar-refractivity contribution in [3.05, 3.63) is 23.8 Å². The van der Waals surface area contributed by atoms with E-state index in [-0.39, 0.29) is 22.9 Å². The molecule has 0 aliphatic heterocycles. The van der Waals surface area contributed by atoms with Crippen molar-refractivity contribution >= 4 is 11.6 Å². The molecule has 16 heavy (non-hydrogen) atoms. The molecular weight excluding hydrogens is 204 g/mol. The zero-order valence-corrected chi connectivity index (χ0v) is 9.49. The molecule has 0 heterocycles. The summed E-state index contributed by atoms with van der Waals surface area (Å²) in [5.74, 6) is -0.420. The van der Waals surface area contributed by atoms with Crippen LogP contribution in [-0.2, 0) is 0 Å². The molecule has 1 rings (SSSR count). The Balaban J connectivity index is 2.56. The smallest absolute Gasteiger partial charge is 0.255 e. The lowest BCUT2D eigenvalue weighted by Gasteiger charge is -2.07. The van der Waals surface area contributed by atoms with Crippen molar-refractivity contribution in [2.45, 2.75) is 26.2 Å². The van der Waals surface area contributed by atoms with E-state index in [9.17, 15) is 9.90 Å². The SMILES string of the molecule is CCCCCNC(=O)c1cccc(N)c1O. The first kappa shape index (κ1) is 12.4. The zero-order valence-electron chi connectivity index (χ0n) is 9.49. The molecule has 0 spiro atoms. The normalized spacial score (nSPS) is 10.1. The summed E-state index contributed by atoms with van der Waals surface area (Å²) in [5.41, 5.74) is 5.96. The third kappa shape index (κ3) is 3.15. The van der Waals surface area contributed by atoms with Crippen LogP contribution in [0.15, 0.2) is 18.2 Å². The molecule has 4 nitrogen and oxygen atoms in total. The Morgan fingerprint density at radius 2 is 2.19 bits per heavy atom. The van der Waals surface area contributed by atoms with Crippen LogP contribution in [0.2, 0.25) is 0 Å². The highest BCUT2D eigenvalue weighted by atomic mass is 16.3. The van der Waals surface area contributed by atoms with Crippen LogP contribution >= 0.6 is 0 Å². The number of rotatable bonds is 5. The number of nitrogens with one attached hydrogen (secondary N) is 1. The Bertz CT molecular complexity index is 364. The minimum atomic E-state index is -0.277. The fourth-order valence-corrected chi connectivity index (χ4v) is 1.42. The number of hydrogen-bond donors (Lipinski definition) is 3. The van der Waals surface area contributed by atoms with E-state index in [0.29, 0.717) is 6.54 Å². The number of phenolic OH excluding ortho intramolecular Hbond substituents is 1. The van der Waals surface area contributed by atoms with E-state index in [0.717, 1.165) is 19.3 Å². The second kappa shape index (κ2) is 6.00. The van der Waals surface area contributed by atoms with Crippen LogP contribution in [0.5, 0.6) is 5.75 Å². The summed E-state index contributed by atoms with van der Waals surface area (Å²) in [7, 11) is 0. The van der Waals surface area contributed by atoms with E-state index >= 15 is 0 Å². The maximum atomic E-state index is 11.7. The number of nitrogens with two attached hydrogens (primary N) is 1. The number of para-hydroxylation sites is 1. The molecule has 0 atom stereocenters. The van der Waals surface area contributed by atoms with Crippen LogP contribution in [-0.4, -0.2) is 17.6 Å². The molecule has 88 valence electrons. The number of aromatic hydroxyl groups is 1. The quantitative estimate of drug-likeness (QED) is 0.404. The molecule has 0 radical (unpaired) electrons. The minimum Gasteiger partial charge on any atom is -0.505 e. The van der Waals surface area contributed by atoms with Crippen molar-refractivity contribution in [3.63, 3.8) is 0 Å². The van der Waals surface area contributed by atoms with Gasteiger partial charge in [-0.25, -0.2) is 0 Å². The number of carbonyl (C=O) groups excluding carboxylic acids is 1. The van der Waals surface area contributed by atoms with Crippen LogP contribution in [0.4, 0.5) is 5.69 Å². The topological polar surface area (TPSA) is 75.4 Å². The molecule has 0 bridgehead atoms. The molecule has 0 unspecified atom stereocenters. The van der Waals surface area contributed by atoms with Crippen LogP contribution in [0.3, 0.4) is 0 Å². The van der Waals surface area contributed by atoms with Crippen LogP contribution in [0, 0.1) is 0 Å². The summed E-state index contributed by atoms with van der Waals surface area (Å²) in [6.07, 6.45) is 3.15. The van der Waals surface area contributed by atoms with Gasteiger partial charge in [0.2, 0.25) is 0 Å². The highest BCUT2D eigenvalue weighted by Crippen LogP contribution is 2.23. The number of carbonyl (C=O) groups is 1. The molecule has 0 aromatic heterocycles. The van der Waals surface area contributed by atoms with Crippen molar-refractivity contribution < 1.29 is 9.90 Å². The van der Waals surface area contributed by atoms with E-state index in [4.69, 9.17) is 5.73 Å². The second-order valence-corrected chi connectivity index (χ2v) is 3.71. The summed E-state index contributed by atoms with van der Waals surface area (Å²) < 4.78 is 0. The van der Waals surface area contributed by atoms with E-state index in [1.807, 2.05) is 0 Å². The molecular formula is C12H18N2O2. The van der Waals surface area contributed by atoms with Gasteiger partial charge in [-0.3, -0.25) is 4.79 Å². The highest BCUT2D eigenvalue weighted by molar-refractivity contribution is 5.98. The first-order valence-corrected chi connectivity index (χ1v) is 5.52. The van der Waals surface area contributed by atoms with Gasteiger partial charge in [-0.15, -0.1) is 0 Å². The summed E-state index contributed by atoms with van der Waals surface area (Å²) >= 11 is 0. The number of nitrogen functional groups attached to an aromatic ring is 1. The lowest BCUT2D eigenvalue weighted by atomic mass is 10.1. The van der Waals surface area contributed by atoms with Gasteiger partial charge in [0.15, 0.2) is 5.75 Å². The van der Waals surface area contributed by atoms with Gasteiger partial charge in [0.05, 0.1) is 11.3 Å². The fraction of sp³-hybridized carbons (Fsp3) is 0.417. The van der Waals surface area contributed by atoms with E-state index in [1.54, 1.807) is 18.2 Å². The Hall–Kier alpha value is -1.71. The lowest BCUT2D eigenvalue weighted by Crippen LogP contribution is -2.24. The standard InChI is InChI=1S/C12H18N2O2/c1-2-3-4-8-14-12(16)9-6-5-7-10(13)11(9)15/h5-7,15H,2-4,8,13H2,1H3,(H,14,16). The van der Waals surface area contributed by atoms with E-state index in [2.05, 4.69) is 12.2 Å². The molecule has 0 fully saturated rings. The van der Waals surface area contributed by atoms with Crippen molar-refractivity contribution in [3.8, 4) is 5.75 Å². The molecule has 4 N–H and O–H groups in total. The minimum absolute atomic E-state index is 0.143. The zero-order chi connectivity index (χ0) is 12.0. The Labute approximate surface area is 95.5 Å². The summed E-state index contributed by atoms with van der Waals surface area (Å²) in [6, 6.07) is 4.76. The fourth-order valence-electron chi connectivity index (χ4n) is 1.42. The van der Waals surface area contributed by atoms with Crippen molar-refractivity contribution in [2.24, 2.45) is 0 Å². The van der Waals surface area contributed by atoms with Gasteiger partial charge in [0.1, 0.15) is 0 Å². The van der Waals surface area contributed by atoms with E-state index < -0.39 is 0 Å². The molecule has 1 amide bonds. The number of phenols is 1. The third-order valence-electron chi connectivity index (χ3n) is 2.38. The van der Waals surface area contributed by atoms with Crippen LogP contribution < -0.4 is 11.1 Å². The number of anilines is 1. The predicted molar refractivity (Wildman–Crippen MR) is 64.4 cm³/mol. The second-order valence-electron chi connectivity index (χ2n) is 3.71. The maximum absolute atomic E-state index is 11.7. The van der Waals surface area contributed by atoms with Crippen LogP contribution in [0.25, 0.3) is 0 Å². The Morgan fingerprint density at radius 1 is 1.44 bits per heavy atom. The lowest BCUT2D eigenvalue weighted by molar-refractivity contribution is 0.0950. The van der Waals surface area contributed by atoms with Gasteiger partial charge in [0, 0.05) is 6.54 Å². The predicted octanol–water partition coefficient (Wildman–Crippen LogP) is 1.89. The largest absolute Gasteiger partial charge is 0.505 e. The average molecular weight is 222 g/mol. The summed E-state index contributed by atoms with van der Waals surface area (Å²) in [4.78, 5) is 11.7. The van der Waals surface area contributed by atoms with Gasteiger partial charge in [-0.05, 0) is 18.6 Å². The molecule has 0 aliphatic rings. The molecule has 0 saturated carbocycles. The number of amides is 1. The number of hydrogen-bond acceptors (Lipinski definition) is 3. The highest BCUT2D eigenvalue weighted by Gasteiger charge is 2.11. The number of benzene rings is 1. The molecule has 0 saturated heterocycles. The van der Waals surface area contributed by atoms with Gasteiger partial charge in [0.25, 0.3) is 5.91 Å². The summed E-state index contributed by atoms with van der Waals surface area (Å²) in [6.45, 7) is 2.73. The van der Waals surface area contributed by atoms with Gasteiger partial charge in [-0.1, -0.05) is 25.8 Å². The van der Waals surface area contributed by atoms with Crippen molar-refractivity contribution in [1.29, 1.82) is 0 Å². The molecule has 1 aromatic rings. The number of unbranched alkanes of at least 4 members (excludes halogenated alkanes) is 2. The Morgan fingerprint density at radius 3 is 2.88 bits per heavy atom. The van der Waals surface area contributed by atoms with E-state index in [1.165, 1.54) is 0 Å². The summed E-state index contributed by atoms with van der Waals surface area (Å²) in [5, 5.41) is 12.3. The molecule has 4 heteroatoms. The first-order valence-electron chi connectivity index (χ1n) is 5.52. The maximum Gasteiger partial charge on any atom is 0.255 e. The monoisotopic (exact) mass is 222 g/mol. The van der Waals surface area contributed by atoms with Crippen molar-refractivity contribution in [2.75, 3.05) is 12.3 Å². The van der Waals surface area contributed by atoms with Crippen molar-refractivity contribution in [1.82, 2.24) is 5.32 Å². The average Bonchev–Trinajstić information content (AvgIpc) is 2.28. The van der Waals surface area contributed by atoms with Gasteiger partial charge >= 0.3 is 0 Å². The Kier molecular flexibility index (Phi) is 4.64. The van der Waals surface area contributed by atoms with Gasteiger partial charge in [-0.2, -0.15) is 0 Å². The molecule has 1 aromatic carbocycles.